The largest absolute Gasteiger partial charge is 0.480 e. The summed E-state index contributed by atoms with van der Waals surface area (Å²) >= 11 is 2.71. The molecule has 14 heteroatoms. The SMILES string of the molecule is CC(=O)Oc1ccccc1C1SC[C@@H](C(=O)O)N1C(=O)CCCCCCCCCCCCC(=O)N1C(c2ccccc2OC(C)=O)SC[C@H]1C(=O)O. The summed E-state index contributed by atoms with van der Waals surface area (Å²) in [5.74, 6) is -2.34. The second-order valence-electron chi connectivity index (χ2n) is 13.0. The first-order valence-electron chi connectivity index (χ1n) is 17.9. The van der Waals surface area contributed by atoms with Gasteiger partial charge in [-0.15, -0.1) is 23.5 Å². The molecule has 52 heavy (non-hydrogen) atoms. The van der Waals surface area contributed by atoms with Crippen LogP contribution in [0.15, 0.2) is 48.5 Å². The average molecular weight is 757 g/mol. The van der Waals surface area contributed by atoms with Crippen LogP contribution in [0.25, 0.3) is 0 Å². The van der Waals surface area contributed by atoms with Crippen molar-refractivity contribution in [2.75, 3.05) is 11.5 Å². The van der Waals surface area contributed by atoms with Gasteiger partial charge < -0.3 is 29.5 Å². The number of carboxylic acid groups (broad SMARTS) is 2. The van der Waals surface area contributed by atoms with Gasteiger partial charge in [-0.2, -0.15) is 0 Å². The van der Waals surface area contributed by atoms with E-state index in [4.69, 9.17) is 9.47 Å². The van der Waals surface area contributed by atoms with Gasteiger partial charge in [0.2, 0.25) is 11.8 Å². The van der Waals surface area contributed by atoms with Crippen LogP contribution in [-0.2, 0) is 28.8 Å². The Hall–Kier alpha value is -4.04. The van der Waals surface area contributed by atoms with E-state index >= 15 is 0 Å². The van der Waals surface area contributed by atoms with Crippen molar-refractivity contribution >= 4 is 59.2 Å². The lowest BCUT2D eigenvalue weighted by Gasteiger charge is -2.28. The highest BCUT2D eigenvalue weighted by molar-refractivity contribution is 8.00. The Kier molecular flexibility index (Phi) is 15.9. The van der Waals surface area contributed by atoms with E-state index in [-0.39, 0.29) is 36.2 Å². The number of aliphatic carboxylic acids is 2. The summed E-state index contributed by atoms with van der Waals surface area (Å²) in [6, 6.07) is 11.9. The van der Waals surface area contributed by atoms with Crippen LogP contribution < -0.4 is 9.47 Å². The van der Waals surface area contributed by atoms with E-state index in [9.17, 15) is 39.0 Å². The molecule has 2 aromatic carbocycles. The number of carboxylic acids is 2. The molecule has 0 bridgehead atoms. The molecule has 2 fully saturated rings. The maximum atomic E-state index is 13.3. The van der Waals surface area contributed by atoms with E-state index in [2.05, 4.69) is 0 Å². The number of amides is 2. The molecule has 0 saturated carbocycles. The molecule has 2 aromatic rings. The molecule has 2 saturated heterocycles. The zero-order valence-corrected chi connectivity index (χ0v) is 31.3. The van der Waals surface area contributed by atoms with Crippen LogP contribution in [0.3, 0.4) is 0 Å². The first-order chi connectivity index (χ1) is 25.0. The van der Waals surface area contributed by atoms with Crippen molar-refractivity contribution in [1.82, 2.24) is 9.80 Å². The molecular formula is C38H48N2O10S2. The lowest BCUT2D eigenvalue weighted by Crippen LogP contribution is -2.42. The van der Waals surface area contributed by atoms with Gasteiger partial charge in [0.25, 0.3) is 0 Å². The Balaban J connectivity index is 1.13. The molecule has 2 amide bonds. The molecule has 0 spiro atoms. The van der Waals surface area contributed by atoms with E-state index in [0.717, 1.165) is 51.4 Å². The third-order valence-corrected chi connectivity index (χ3v) is 11.7. The molecule has 4 rings (SSSR count). The summed E-state index contributed by atoms with van der Waals surface area (Å²) in [5.41, 5.74) is 1.22. The number of esters is 2. The van der Waals surface area contributed by atoms with Gasteiger partial charge in [0.05, 0.1) is 0 Å². The summed E-state index contributed by atoms with van der Waals surface area (Å²) in [7, 11) is 0. The van der Waals surface area contributed by atoms with E-state index in [1.54, 1.807) is 48.5 Å². The standard InChI is InChI=1S/C38H48N2O10S2/c1-25(41)49-31-19-15-13-17-27(31)35-39(29(23-51-35)37(45)46)33(43)21-11-9-7-5-3-4-6-8-10-12-22-34(44)40-30(38(47)48)24-52-36(40)28-18-14-16-20-32(28)50-26(2)42/h13-20,29-30,35-36H,3-12,21-24H2,1-2H3,(H,45,46)(H,47,48)/t29-,30-,35?,36?/m0/s1. The summed E-state index contributed by atoms with van der Waals surface area (Å²) in [6.45, 7) is 2.60. The minimum atomic E-state index is -1.05. The van der Waals surface area contributed by atoms with Crippen LogP contribution in [0.2, 0.25) is 0 Å². The van der Waals surface area contributed by atoms with Crippen molar-refractivity contribution in [3.05, 3.63) is 59.7 Å². The number of para-hydroxylation sites is 2. The van der Waals surface area contributed by atoms with Crippen molar-refractivity contribution in [2.24, 2.45) is 0 Å². The zero-order valence-electron chi connectivity index (χ0n) is 29.7. The molecule has 0 radical (unpaired) electrons. The third kappa shape index (κ3) is 11.2. The molecule has 4 atom stereocenters. The van der Waals surface area contributed by atoms with Crippen LogP contribution >= 0.6 is 23.5 Å². The predicted molar refractivity (Wildman–Crippen MR) is 198 cm³/mol. The van der Waals surface area contributed by atoms with Gasteiger partial charge in [-0.05, 0) is 25.0 Å². The van der Waals surface area contributed by atoms with Gasteiger partial charge in [0.1, 0.15) is 34.3 Å². The first-order valence-corrected chi connectivity index (χ1v) is 19.9. The first kappa shape index (κ1) is 40.7. The van der Waals surface area contributed by atoms with Gasteiger partial charge in [-0.3, -0.25) is 19.2 Å². The lowest BCUT2D eigenvalue weighted by molar-refractivity contribution is -0.149. The molecule has 2 aliphatic rings. The Morgan fingerprint density at radius 3 is 1.23 bits per heavy atom. The van der Waals surface area contributed by atoms with Crippen LogP contribution in [-0.4, -0.2) is 79.3 Å². The normalized spacial score (nSPS) is 19.7. The molecule has 2 heterocycles. The number of rotatable bonds is 19. The van der Waals surface area contributed by atoms with Gasteiger partial charge in [-0.1, -0.05) is 87.8 Å². The molecule has 2 N–H and O–H groups in total. The highest BCUT2D eigenvalue weighted by atomic mass is 32.2. The van der Waals surface area contributed by atoms with E-state index in [1.165, 1.54) is 47.2 Å². The van der Waals surface area contributed by atoms with Gasteiger partial charge in [0, 0.05) is 49.3 Å². The number of carbonyl (C=O) groups excluding carboxylic acids is 4. The highest BCUT2D eigenvalue weighted by Crippen LogP contribution is 2.46. The van der Waals surface area contributed by atoms with Crippen molar-refractivity contribution in [3.63, 3.8) is 0 Å². The second kappa shape index (κ2) is 20.3. The number of unbranched alkanes of at least 4 members (excludes halogenated alkanes) is 9. The zero-order chi connectivity index (χ0) is 37.6. The number of hydrogen-bond donors (Lipinski definition) is 2. The molecule has 0 aromatic heterocycles. The smallest absolute Gasteiger partial charge is 0.327 e. The minimum absolute atomic E-state index is 0.220. The summed E-state index contributed by atoms with van der Waals surface area (Å²) in [4.78, 5) is 76.7. The lowest BCUT2D eigenvalue weighted by atomic mass is 10.0. The Morgan fingerprint density at radius 1 is 0.577 bits per heavy atom. The van der Waals surface area contributed by atoms with Crippen LogP contribution in [0, 0.1) is 0 Å². The molecule has 282 valence electrons. The number of hydrogen-bond acceptors (Lipinski definition) is 10. The van der Waals surface area contributed by atoms with Crippen LogP contribution in [0.1, 0.15) is 113 Å². The number of carbonyl (C=O) groups is 6. The fraction of sp³-hybridized carbons (Fsp3) is 0.526. The van der Waals surface area contributed by atoms with Crippen molar-refractivity contribution in [2.45, 2.75) is 114 Å². The molecule has 0 aliphatic carbocycles. The van der Waals surface area contributed by atoms with Crippen LogP contribution in [0.4, 0.5) is 0 Å². The monoisotopic (exact) mass is 756 g/mol. The summed E-state index contributed by atoms with van der Waals surface area (Å²) in [5, 5.41) is 18.5. The topological polar surface area (TPSA) is 168 Å². The number of nitrogens with zero attached hydrogens (tertiary/aromatic N) is 2. The van der Waals surface area contributed by atoms with E-state index in [1.807, 2.05) is 0 Å². The molecular weight excluding hydrogens is 709 g/mol. The fourth-order valence-electron chi connectivity index (χ4n) is 6.57. The van der Waals surface area contributed by atoms with Gasteiger partial charge in [-0.25, -0.2) is 9.59 Å². The summed E-state index contributed by atoms with van der Waals surface area (Å²) in [6.07, 6.45) is 9.65. The van der Waals surface area contributed by atoms with Crippen LogP contribution in [0.5, 0.6) is 11.5 Å². The summed E-state index contributed by atoms with van der Waals surface area (Å²) < 4.78 is 10.7. The van der Waals surface area contributed by atoms with E-state index in [0.29, 0.717) is 35.5 Å². The number of ether oxygens (including phenoxy) is 2. The fourth-order valence-corrected chi connectivity index (χ4v) is 9.51. The van der Waals surface area contributed by atoms with E-state index < -0.39 is 46.7 Å². The number of benzene rings is 2. The minimum Gasteiger partial charge on any atom is -0.480 e. The maximum absolute atomic E-state index is 13.3. The Bertz CT molecular complexity index is 1470. The molecule has 2 unspecified atom stereocenters. The number of thioether (sulfide) groups is 2. The van der Waals surface area contributed by atoms with Gasteiger partial charge in [0.15, 0.2) is 0 Å². The quantitative estimate of drug-likeness (QED) is 0.0859. The predicted octanol–water partition coefficient (Wildman–Crippen LogP) is 6.97. The highest BCUT2D eigenvalue weighted by Gasteiger charge is 2.44. The molecule has 12 nitrogen and oxygen atoms in total. The molecule has 2 aliphatic heterocycles. The Labute approximate surface area is 313 Å². The maximum Gasteiger partial charge on any atom is 0.327 e. The van der Waals surface area contributed by atoms with Gasteiger partial charge >= 0.3 is 23.9 Å². The second-order valence-corrected chi connectivity index (χ2v) is 15.2. The van der Waals surface area contributed by atoms with Crippen molar-refractivity contribution in [1.29, 1.82) is 0 Å². The average Bonchev–Trinajstić information content (AvgIpc) is 3.75. The third-order valence-electron chi connectivity index (χ3n) is 9.06. The Morgan fingerprint density at radius 2 is 0.904 bits per heavy atom. The van der Waals surface area contributed by atoms with Crippen molar-refractivity contribution in [3.8, 4) is 11.5 Å². The van der Waals surface area contributed by atoms with Crippen molar-refractivity contribution < 1.29 is 48.5 Å².